The quantitative estimate of drug-likeness (QED) is 0.517. The molecule has 0 unspecified atom stereocenters. The number of fused-ring (bicyclic) bond motifs is 2. The number of amides is 1. The van der Waals surface area contributed by atoms with Crippen LogP contribution in [0, 0.1) is 23.2 Å². The monoisotopic (exact) mass is 518 g/mol. The molecule has 0 radical (unpaired) electrons. The lowest BCUT2D eigenvalue weighted by atomic mass is 9.45. The number of phenolic OH excluding ortho intramolecular Hbond substituents is 1. The van der Waals surface area contributed by atoms with Gasteiger partial charge >= 0.3 is 0 Å². The smallest absolute Gasteiger partial charge is 0.283 e. The first kappa shape index (κ1) is 23.6. The molecule has 0 saturated heterocycles. The van der Waals surface area contributed by atoms with Crippen LogP contribution < -0.4 is 20.9 Å². The van der Waals surface area contributed by atoms with Gasteiger partial charge in [0.05, 0.1) is 19.0 Å². The largest absolute Gasteiger partial charge is 0.504 e. The lowest BCUT2D eigenvalue weighted by Gasteiger charge is -2.62. The van der Waals surface area contributed by atoms with Gasteiger partial charge in [0.15, 0.2) is 11.5 Å². The van der Waals surface area contributed by atoms with E-state index in [-0.39, 0.29) is 30.3 Å². The second-order valence-electron chi connectivity index (χ2n) is 9.82. The second-order valence-corrected chi connectivity index (χ2v) is 10.6. The van der Waals surface area contributed by atoms with E-state index in [9.17, 15) is 14.7 Å². The van der Waals surface area contributed by atoms with E-state index < -0.39 is 0 Å². The predicted octanol–water partition coefficient (Wildman–Crippen LogP) is 3.52. The van der Waals surface area contributed by atoms with Crippen LogP contribution >= 0.6 is 15.9 Å². The van der Waals surface area contributed by atoms with Crippen molar-refractivity contribution < 1.29 is 14.6 Å². The van der Waals surface area contributed by atoms with Crippen molar-refractivity contribution in [3.05, 3.63) is 44.8 Å². The van der Waals surface area contributed by atoms with E-state index in [1.807, 2.05) is 0 Å². The SMILES string of the molecule is COc1cc(CNC(=O)Cn2ncc(N[C@@H]3C[C@@H]4C[C@H]([C@H]3C)C4(C)C)c(Br)c2=O)ccc1O. The van der Waals surface area contributed by atoms with Gasteiger partial charge in [-0.1, -0.05) is 26.8 Å². The van der Waals surface area contributed by atoms with E-state index in [4.69, 9.17) is 4.74 Å². The third-order valence-corrected chi connectivity index (χ3v) is 8.47. The van der Waals surface area contributed by atoms with Crippen LogP contribution in [-0.2, 0) is 17.9 Å². The Morgan fingerprint density at radius 3 is 2.79 bits per heavy atom. The van der Waals surface area contributed by atoms with Gasteiger partial charge in [0.25, 0.3) is 5.56 Å². The normalized spacial score (nSPS) is 25.1. The van der Waals surface area contributed by atoms with Crippen LogP contribution in [0.25, 0.3) is 0 Å². The molecule has 9 heteroatoms. The number of anilines is 1. The number of aromatic nitrogens is 2. The topological polar surface area (TPSA) is 105 Å². The van der Waals surface area contributed by atoms with Gasteiger partial charge in [-0.2, -0.15) is 5.10 Å². The summed E-state index contributed by atoms with van der Waals surface area (Å²) in [6.07, 6.45) is 3.99. The minimum Gasteiger partial charge on any atom is -0.504 e. The van der Waals surface area contributed by atoms with Crippen LogP contribution in [0.15, 0.2) is 33.7 Å². The summed E-state index contributed by atoms with van der Waals surface area (Å²) in [6, 6.07) is 5.15. The zero-order valence-electron chi connectivity index (χ0n) is 19.4. The number of phenols is 1. The molecule has 1 aromatic carbocycles. The zero-order chi connectivity index (χ0) is 23.9. The summed E-state index contributed by atoms with van der Waals surface area (Å²) in [5.74, 6) is 1.94. The molecule has 1 aromatic heterocycles. The minimum absolute atomic E-state index is 0.0326. The van der Waals surface area contributed by atoms with Crippen LogP contribution in [0.4, 0.5) is 5.69 Å². The molecule has 4 atom stereocenters. The number of nitrogens with zero attached hydrogens (tertiary/aromatic N) is 2. The number of methoxy groups -OCH3 is 1. The zero-order valence-corrected chi connectivity index (χ0v) is 21.0. The van der Waals surface area contributed by atoms with Crippen LogP contribution in [0.5, 0.6) is 11.5 Å². The van der Waals surface area contributed by atoms with Crippen molar-refractivity contribution in [2.45, 2.75) is 52.7 Å². The Labute approximate surface area is 201 Å². The van der Waals surface area contributed by atoms with Crippen molar-refractivity contribution in [2.24, 2.45) is 23.2 Å². The molecule has 3 N–H and O–H groups in total. The van der Waals surface area contributed by atoms with Crippen molar-refractivity contribution in [3.8, 4) is 11.5 Å². The van der Waals surface area contributed by atoms with Gasteiger partial charge < -0.3 is 20.5 Å². The fraction of sp³-hybridized carbons (Fsp3) is 0.542. The first-order chi connectivity index (χ1) is 15.6. The molecule has 2 aromatic rings. The summed E-state index contributed by atoms with van der Waals surface area (Å²) in [6.45, 7) is 7.06. The van der Waals surface area contributed by atoms with Crippen molar-refractivity contribution in [1.82, 2.24) is 15.1 Å². The highest BCUT2D eigenvalue weighted by Crippen LogP contribution is 2.61. The van der Waals surface area contributed by atoms with E-state index in [1.54, 1.807) is 18.3 Å². The Balaban J connectivity index is 1.37. The van der Waals surface area contributed by atoms with Gasteiger partial charge in [-0.25, -0.2) is 4.68 Å². The molecule has 1 heterocycles. The maximum absolute atomic E-state index is 12.8. The number of rotatable bonds is 7. The maximum atomic E-state index is 12.8. The van der Waals surface area contributed by atoms with Gasteiger partial charge in [-0.15, -0.1) is 0 Å². The van der Waals surface area contributed by atoms with Crippen molar-refractivity contribution in [1.29, 1.82) is 0 Å². The molecule has 0 spiro atoms. The molecule has 5 rings (SSSR count). The molecule has 3 fully saturated rings. The molecule has 2 bridgehead atoms. The third kappa shape index (κ3) is 4.47. The highest BCUT2D eigenvalue weighted by Gasteiger charge is 2.56. The van der Waals surface area contributed by atoms with E-state index in [2.05, 4.69) is 52.4 Å². The second kappa shape index (κ2) is 9.00. The summed E-state index contributed by atoms with van der Waals surface area (Å²) in [5, 5.41) is 20.2. The Bertz CT molecular complexity index is 1120. The van der Waals surface area contributed by atoms with Crippen molar-refractivity contribution in [3.63, 3.8) is 0 Å². The molecule has 3 saturated carbocycles. The van der Waals surface area contributed by atoms with Gasteiger partial charge in [-0.05, 0) is 69.6 Å². The van der Waals surface area contributed by atoms with Gasteiger partial charge in [0.1, 0.15) is 11.0 Å². The predicted molar refractivity (Wildman–Crippen MR) is 129 cm³/mol. The molecule has 178 valence electrons. The molecular formula is C24H31BrN4O4. The van der Waals surface area contributed by atoms with Crippen LogP contribution in [-0.4, -0.2) is 33.9 Å². The minimum atomic E-state index is -0.351. The van der Waals surface area contributed by atoms with E-state index in [0.717, 1.165) is 16.7 Å². The summed E-state index contributed by atoms with van der Waals surface area (Å²) >= 11 is 3.41. The van der Waals surface area contributed by atoms with Gasteiger partial charge in [0.2, 0.25) is 5.91 Å². The molecular weight excluding hydrogens is 488 g/mol. The number of benzene rings is 1. The van der Waals surface area contributed by atoms with E-state index in [0.29, 0.717) is 45.1 Å². The average molecular weight is 519 g/mol. The molecule has 3 aliphatic rings. The number of hydrogen-bond donors (Lipinski definition) is 3. The van der Waals surface area contributed by atoms with Crippen LogP contribution in [0.3, 0.4) is 0 Å². The van der Waals surface area contributed by atoms with Gasteiger partial charge in [0, 0.05) is 12.6 Å². The number of nitrogens with one attached hydrogen (secondary N) is 2. The Morgan fingerprint density at radius 1 is 1.36 bits per heavy atom. The number of hydrogen-bond acceptors (Lipinski definition) is 6. The molecule has 3 aliphatic carbocycles. The highest BCUT2D eigenvalue weighted by molar-refractivity contribution is 9.10. The van der Waals surface area contributed by atoms with Gasteiger partial charge in [-0.3, -0.25) is 9.59 Å². The Hall–Kier alpha value is -2.55. The fourth-order valence-corrected chi connectivity index (χ4v) is 5.86. The van der Waals surface area contributed by atoms with Crippen LogP contribution in [0.2, 0.25) is 0 Å². The number of carbonyl (C=O) groups is 1. The molecule has 0 aliphatic heterocycles. The van der Waals surface area contributed by atoms with Crippen LogP contribution in [0.1, 0.15) is 39.2 Å². The number of carbonyl (C=O) groups excluding carboxylic acids is 1. The van der Waals surface area contributed by atoms with E-state index >= 15 is 0 Å². The molecule has 33 heavy (non-hydrogen) atoms. The van der Waals surface area contributed by atoms with Crippen molar-refractivity contribution in [2.75, 3.05) is 12.4 Å². The maximum Gasteiger partial charge on any atom is 0.283 e. The Kier molecular flexibility index (Phi) is 6.44. The molecule has 1 amide bonds. The molecule has 8 nitrogen and oxygen atoms in total. The summed E-state index contributed by atoms with van der Waals surface area (Å²) < 4.78 is 6.61. The number of ether oxygens (including phenoxy) is 1. The summed E-state index contributed by atoms with van der Waals surface area (Å²) in [5.41, 5.74) is 1.48. The highest BCUT2D eigenvalue weighted by atomic mass is 79.9. The summed E-state index contributed by atoms with van der Waals surface area (Å²) in [4.78, 5) is 25.2. The standard InChI is InChI=1S/C24H31BrN4O4/c1-13-16-8-15(24(16,2)3)9-17(13)28-18-11-27-29(23(32)22(18)25)12-21(31)26-10-14-5-6-19(30)20(7-14)33-4/h5-7,11,13,15-17,28,30H,8-10,12H2,1-4H3,(H,26,31)/t13-,15+,16-,17-/m1/s1. The third-order valence-electron chi connectivity index (χ3n) is 7.71. The Morgan fingerprint density at radius 2 is 2.12 bits per heavy atom. The number of aromatic hydroxyl groups is 1. The first-order valence-electron chi connectivity index (χ1n) is 11.3. The lowest BCUT2D eigenvalue weighted by Crippen LogP contribution is -2.58. The summed E-state index contributed by atoms with van der Waals surface area (Å²) in [7, 11) is 1.46. The van der Waals surface area contributed by atoms with Crippen molar-refractivity contribution >= 4 is 27.5 Å². The average Bonchev–Trinajstić information content (AvgIpc) is 2.79. The fourth-order valence-electron chi connectivity index (χ4n) is 5.44. The lowest BCUT2D eigenvalue weighted by molar-refractivity contribution is -0.122. The number of halogens is 1. The first-order valence-corrected chi connectivity index (χ1v) is 12.1. The van der Waals surface area contributed by atoms with E-state index in [1.165, 1.54) is 19.6 Å².